The van der Waals surface area contributed by atoms with E-state index >= 15 is 0 Å². The molecular weight excluding hydrogens is 713 g/mol. The average Bonchev–Trinajstić information content (AvgIpc) is 3.01. The topological polar surface area (TPSA) is 159 Å². The lowest BCUT2D eigenvalue weighted by atomic mass is 9.85. The molecule has 2 unspecified atom stereocenters. The Morgan fingerprint density at radius 1 is 0.980 bits per heavy atom. The van der Waals surface area contributed by atoms with Gasteiger partial charge in [0, 0.05) is 24.1 Å². The van der Waals surface area contributed by atoms with Gasteiger partial charge in [-0.2, -0.15) is 0 Å². The van der Waals surface area contributed by atoms with Crippen LogP contribution in [-0.4, -0.2) is 61.0 Å². The molecule has 0 saturated carbocycles. The largest absolute Gasteiger partial charge is 0.480 e. The van der Waals surface area contributed by atoms with Gasteiger partial charge in [0.1, 0.15) is 12.0 Å². The Hall–Kier alpha value is -3.84. The van der Waals surface area contributed by atoms with E-state index in [1.54, 1.807) is 52.1 Å². The van der Waals surface area contributed by atoms with Crippen molar-refractivity contribution in [1.29, 1.82) is 0 Å². The summed E-state index contributed by atoms with van der Waals surface area (Å²) in [6.07, 6.45) is 2.93. The Labute approximate surface area is 304 Å². The lowest BCUT2D eigenvalue weighted by Gasteiger charge is -2.25. The fourth-order valence-corrected chi connectivity index (χ4v) is 5.45. The third-order valence-corrected chi connectivity index (χ3v) is 8.20. The molecule has 49 heavy (non-hydrogen) atoms. The van der Waals surface area contributed by atoms with E-state index in [1.807, 2.05) is 48.5 Å². The molecule has 0 saturated heterocycles. The molecule has 0 fully saturated rings. The van der Waals surface area contributed by atoms with Crippen LogP contribution >= 0.6 is 46.6 Å². The van der Waals surface area contributed by atoms with Gasteiger partial charge in [-0.05, 0) is 46.9 Å². The number of anilines is 1. The molecule has 0 aliphatic carbocycles. The summed E-state index contributed by atoms with van der Waals surface area (Å²) in [5, 5.41) is 18.6. The predicted molar refractivity (Wildman–Crippen MR) is 196 cm³/mol. The summed E-state index contributed by atoms with van der Waals surface area (Å²) < 4.78 is 3.40. The number of hydrogen-bond acceptors (Lipinski definition) is 8. The van der Waals surface area contributed by atoms with Crippen LogP contribution < -0.4 is 16.0 Å². The molecule has 1 aromatic heterocycles. The van der Waals surface area contributed by atoms with Gasteiger partial charge < -0.3 is 25.8 Å². The molecule has 0 aliphatic heterocycles. The quantitative estimate of drug-likeness (QED) is 0.0348. The van der Waals surface area contributed by atoms with Gasteiger partial charge in [0.2, 0.25) is 15.6 Å². The van der Waals surface area contributed by atoms with Gasteiger partial charge in [-0.3, -0.25) is 19.4 Å². The van der Waals surface area contributed by atoms with Crippen LogP contribution in [0, 0.1) is 11.3 Å². The normalized spacial score (nSPS) is 13.6. The molecule has 2 atom stereocenters. The van der Waals surface area contributed by atoms with Crippen LogP contribution in [0.25, 0.3) is 17.0 Å². The molecule has 0 aliphatic rings. The van der Waals surface area contributed by atoms with Crippen LogP contribution in [0.1, 0.15) is 46.1 Å². The second-order valence-electron chi connectivity index (χ2n) is 12.1. The summed E-state index contributed by atoms with van der Waals surface area (Å²) in [7, 11) is 0. The number of carbonyl (C=O) groups is 4. The van der Waals surface area contributed by atoms with Crippen LogP contribution in [0.5, 0.6) is 0 Å². The average molecular weight is 751 g/mol. The van der Waals surface area contributed by atoms with Crippen LogP contribution in [0.4, 0.5) is 5.69 Å². The van der Waals surface area contributed by atoms with Crippen LogP contribution in [-0.2, 0) is 23.9 Å². The SMILES string of the molecule is CC(C)C(NC(=O)CC(C)(C)CC(=O)OCSC(=NC(NC(=O)/C=C/c1ccccc1)C(Cl)(Cl)Cl)Nc1cccc2cccnc12)C(=O)O. The molecule has 2 amide bonds. The van der Waals surface area contributed by atoms with Crippen LogP contribution in [0.3, 0.4) is 0 Å². The molecule has 1 heterocycles. The number of amidine groups is 1. The Morgan fingerprint density at radius 3 is 2.33 bits per heavy atom. The number of carbonyl (C=O) groups excluding carboxylic acids is 3. The second kappa shape index (κ2) is 18.2. The molecule has 2 aromatic carbocycles. The summed E-state index contributed by atoms with van der Waals surface area (Å²) in [4.78, 5) is 58.7. The minimum absolute atomic E-state index is 0.0998. The zero-order chi connectivity index (χ0) is 36.2. The Morgan fingerprint density at radius 2 is 1.67 bits per heavy atom. The van der Waals surface area contributed by atoms with Gasteiger partial charge in [-0.15, -0.1) is 0 Å². The third-order valence-electron chi connectivity index (χ3n) is 6.86. The van der Waals surface area contributed by atoms with Crippen LogP contribution in [0.15, 0.2) is 77.9 Å². The number of fused-ring (bicyclic) bond motifs is 1. The summed E-state index contributed by atoms with van der Waals surface area (Å²) in [6.45, 7) is 6.79. The number of aliphatic imine (C=N–C) groups is 1. The number of benzene rings is 2. The molecule has 0 spiro atoms. The number of amides is 2. The monoisotopic (exact) mass is 749 g/mol. The number of aromatic nitrogens is 1. The van der Waals surface area contributed by atoms with E-state index in [0.717, 1.165) is 22.7 Å². The van der Waals surface area contributed by atoms with E-state index in [2.05, 4.69) is 25.9 Å². The van der Waals surface area contributed by atoms with Crippen molar-refractivity contribution in [1.82, 2.24) is 15.6 Å². The molecule has 3 aromatic rings. The maximum atomic E-state index is 12.8. The maximum absolute atomic E-state index is 12.8. The highest BCUT2D eigenvalue weighted by Crippen LogP contribution is 2.32. The van der Waals surface area contributed by atoms with Gasteiger partial charge in [0.15, 0.2) is 11.3 Å². The smallest absolute Gasteiger partial charge is 0.326 e. The van der Waals surface area contributed by atoms with Gasteiger partial charge >= 0.3 is 11.9 Å². The first kappa shape index (κ1) is 39.6. The number of hydrogen-bond donors (Lipinski definition) is 4. The lowest BCUT2D eigenvalue weighted by molar-refractivity contribution is -0.146. The number of halogens is 3. The number of carboxylic acid groups (broad SMARTS) is 1. The van der Waals surface area contributed by atoms with E-state index in [1.165, 1.54) is 6.08 Å². The van der Waals surface area contributed by atoms with Crippen molar-refractivity contribution < 1.29 is 29.0 Å². The first-order valence-corrected chi connectivity index (χ1v) is 17.3. The van der Waals surface area contributed by atoms with Crippen LogP contribution in [0.2, 0.25) is 0 Å². The van der Waals surface area contributed by atoms with E-state index in [4.69, 9.17) is 39.5 Å². The number of para-hydroxylation sites is 1. The number of nitrogens with one attached hydrogen (secondary N) is 3. The molecule has 15 heteroatoms. The van der Waals surface area contributed by atoms with Crippen molar-refractivity contribution in [3.8, 4) is 0 Å². The molecule has 0 bridgehead atoms. The van der Waals surface area contributed by atoms with E-state index in [0.29, 0.717) is 11.2 Å². The number of thioether (sulfide) groups is 1. The Kier molecular flexibility index (Phi) is 14.7. The van der Waals surface area contributed by atoms with Gasteiger partial charge in [-0.1, -0.05) is 111 Å². The molecular formula is C34H38Cl3N5O6S. The molecule has 0 radical (unpaired) electrons. The standard InChI is InChI=1S/C34H38Cl3N5O6S/c1-21(2)28(30(46)47)40-26(44)18-33(3,4)19-27(45)48-20-49-32(39-24-14-8-12-23-13-9-17-38-29(23)24)42-31(34(35,36)37)41-25(43)16-15-22-10-6-5-7-11-22/h5-17,21,28,31H,18-20H2,1-4H3,(H,39,42)(H,40,44)(H,41,43)(H,46,47)/b16-15+. The highest BCUT2D eigenvalue weighted by atomic mass is 35.6. The van der Waals surface area contributed by atoms with Crippen molar-refractivity contribution in [2.24, 2.45) is 16.3 Å². The zero-order valence-electron chi connectivity index (χ0n) is 27.3. The summed E-state index contributed by atoms with van der Waals surface area (Å²) in [6, 6.07) is 17.3. The second-order valence-corrected chi connectivity index (χ2v) is 15.3. The number of alkyl halides is 3. The van der Waals surface area contributed by atoms with Gasteiger partial charge in [0.05, 0.1) is 17.6 Å². The molecule has 262 valence electrons. The van der Waals surface area contributed by atoms with E-state index in [9.17, 15) is 24.3 Å². The Balaban J connectivity index is 1.76. The molecule has 3 rings (SSSR count). The number of aliphatic carboxylic acids is 1. The lowest BCUT2D eigenvalue weighted by Crippen LogP contribution is -2.45. The maximum Gasteiger partial charge on any atom is 0.326 e. The summed E-state index contributed by atoms with van der Waals surface area (Å²) in [5.74, 6) is -3.35. The van der Waals surface area contributed by atoms with Gasteiger partial charge in [-0.25, -0.2) is 9.79 Å². The number of ether oxygens (including phenoxy) is 1. The number of pyridine rings is 1. The number of rotatable bonds is 14. The zero-order valence-corrected chi connectivity index (χ0v) is 30.4. The van der Waals surface area contributed by atoms with Crippen molar-refractivity contribution in [2.45, 2.75) is 56.5 Å². The number of esters is 1. The van der Waals surface area contributed by atoms with Gasteiger partial charge in [0.25, 0.3) is 0 Å². The highest BCUT2D eigenvalue weighted by Gasteiger charge is 2.34. The predicted octanol–water partition coefficient (Wildman–Crippen LogP) is 6.79. The van der Waals surface area contributed by atoms with Crippen molar-refractivity contribution in [2.75, 3.05) is 11.3 Å². The third kappa shape index (κ3) is 13.5. The fraction of sp³-hybridized carbons (Fsp3) is 0.353. The highest BCUT2D eigenvalue weighted by molar-refractivity contribution is 8.14. The van der Waals surface area contributed by atoms with Crippen molar-refractivity contribution in [3.05, 3.63) is 78.5 Å². The van der Waals surface area contributed by atoms with Crippen molar-refractivity contribution >= 4 is 98.2 Å². The minimum Gasteiger partial charge on any atom is -0.480 e. The first-order valence-electron chi connectivity index (χ1n) is 15.1. The Bertz CT molecular complexity index is 1680. The number of nitrogens with zero attached hydrogens (tertiary/aromatic N) is 2. The minimum atomic E-state index is -2.07. The molecule has 4 N–H and O–H groups in total. The number of carboxylic acids is 1. The van der Waals surface area contributed by atoms with E-state index in [-0.39, 0.29) is 29.9 Å². The summed E-state index contributed by atoms with van der Waals surface area (Å²) >= 11 is 19.7. The fourth-order valence-electron chi connectivity index (χ4n) is 4.48. The molecule has 11 nitrogen and oxygen atoms in total. The first-order chi connectivity index (χ1) is 23.0. The van der Waals surface area contributed by atoms with Crippen molar-refractivity contribution in [3.63, 3.8) is 0 Å². The van der Waals surface area contributed by atoms with E-state index < -0.39 is 45.2 Å². The summed E-state index contributed by atoms with van der Waals surface area (Å²) in [5.41, 5.74) is 1.13.